The van der Waals surface area contributed by atoms with Crippen LogP contribution in [0.2, 0.25) is 0 Å². The molecule has 0 spiro atoms. The molecule has 0 aliphatic carbocycles. The van der Waals surface area contributed by atoms with E-state index in [0.717, 1.165) is 16.7 Å². The molecule has 5 aromatic heterocycles. The van der Waals surface area contributed by atoms with E-state index in [1.54, 1.807) is 44.0 Å². The highest BCUT2D eigenvalue weighted by molar-refractivity contribution is 6.27. The number of benzene rings is 2. The van der Waals surface area contributed by atoms with Gasteiger partial charge in [0.2, 0.25) is 11.7 Å². The van der Waals surface area contributed by atoms with Crippen LogP contribution in [0, 0.1) is 5.82 Å². The fourth-order valence-corrected chi connectivity index (χ4v) is 5.83. The Labute approximate surface area is 284 Å². The number of nitrogens with one attached hydrogen (secondary N) is 4. The Morgan fingerprint density at radius 2 is 1.74 bits per heavy atom. The van der Waals surface area contributed by atoms with Crippen molar-refractivity contribution in [1.29, 1.82) is 0 Å². The predicted octanol–water partition coefficient (Wildman–Crippen LogP) is 5.58. The summed E-state index contributed by atoms with van der Waals surface area (Å²) in [4.78, 5) is 56.9. The van der Waals surface area contributed by atoms with Gasteiger partial charge in [-0.05, 0) is 53.4 Å². The van der Waals surface area contributed by atoms with Crippen LogP contribution >= 0.6 is 0 Å². The molecule has 4 N–H and O–H groups in total. The normalized spacial score (nSPS) is 11.9. The minimum absolute atomic E-state index is 0.151. The number of halogens is 1. The largest absolute Gasteiger partial charge is 0.335 e. The first-order valence-electron chi connectivity index (χ1n) is 15.9. The Balaban J connectivity index is 1.17. The second-order valence-corrected chi connectivity index (χ2v) is 11.7. The molecule has 1 unspecified atom stereocenters. The maximum Gasteiger partial charge on any atom is 0.228 e. The Bertz CT molecular complexity index is 2370. The molecule has 0 aliphatic rings. The van der Waals surface area contributed by atoms with Crippen LogP contribution in [-0.4, -0.2) is 59.1 Å². The highest BCUT2D eigenvalue weighted by Crippen LogP contribution is 2.33. The van der Waals surface area contributed by atoms with E-state index in [-0.39, 0.29) is 18.9 Å². The van der Waals surface area contributed by atoms with Gasteiger partial charge in [0.05, 0.1) is 47.0 Å². The molecule has 0 saturated carbocycles. The summed E-state index contributed by atoms with van der Waals surface area (Å²) < 4.78 is 14.9. The zero-order valence-electron chi connectivity index (χ0n) is 26.8. The van der Waals surface area contributed by atoms with Gasteiger partial charge in [-0.25, -0.2) is 14.4 Å². The standard InChI is InChI=1S/C37H30FN9O3/c1-2-30(32(49)20-48)41-14-22-8-23(11-26(38)9-22)29-18-40-19-31-34(29)45-37(44-31)35-28-13-25(16-42-36(28)47-46-35)24-12-27(17-39-15-24)43-33(50)10-21-6-4-3-5-7-21/h3-9,11-13,15-20,30,41H,2,10,14H2,1H3,(H,43,50)(H,44,45)(H,42,46,47). The fraction of sp³-hybridized carbons (Fsp3) is 0.135. The lowest BCUT2D eigenvalue weighted by atomic mass is 10.0. The summed E-state index contributed by atoms with van der Waals surface area (Å²) in [5, 5.41) is 14.1. The highest BCUT2D eigenvalue weighted by atomic mass is 19.1. The molecule has 2 aromatic carbocycles. The van der Waals surface area contributed by atoms with Gasteiger partial charge < -0.3 is 15.6 Å². The van der Waals surface area contributed by atoms with Gasteiger partial charge in [-0.2, -0.15) is 5.10 Å². The lowest BCUT2D eigenvalue weighted by Gasteiger charge is -2.14. The van der Waals surface area contributed by atoms with E-state index in [1.165, 1.54) is 12.1 Å². The molecule has 0 radical (unpaired) electrons. The van der Waals surface area contributed by atoms with Crippen molar-refractivity contribution in [1.82, 2.24) is 40.4 Å². The van der Waals surface area contributed by atoms with Gasteiger partial charge >= 0.3 is 0 Å². The summed E-state index contributed by atoms with van der Waals surface area (Å²) in [6.07, 6.45) is 9.20. The number of carbonyl (C=O) groups excluding carboxylic acids is 3. The van der Waals surface area contributed by atoms with Crippen LogP contribution in [0.1, 0.15) is 24.5 Å². The molecule has 5 heterocycles. The molecule has 1 amide bonds. The first-order valence-corrected chi connectivity index (χ1v) is 15.9. The summed E-state index contributed by atoms with van der Waals surface area (Å²) in [5.74, 6) is -0.688. The quantitative estimate of drug-likeness (QED) is 0.0959. The minimum atomic E-state index is -0.650. The molecule has 0 fully saturated rings. The molecule has 0 bridgehead atoms. The van der Waals surface area contributed by atoms with Crippen LogP contribution < -0.4 is 10.6 Å². The number of amides is 1. The van der Waals surface area contributed by atoms with Gasteiger partial charge in [0.15, 0.2) is 17.8 Å². The van der Waals surface area contributed by atoms with E-state index in [1.807, 2.05) is 42.5 Å². The number of aldehydes is 1. The van der Waals surface area contributed by atoms with E-state index >= 15 is 0 Å². The molecule has 12 nitrogen and oxygen atoms in total. The van der Waals surface area contributed by atoms with Gasteiger partial charge in [-0.3, -0.25) is 29.5 Å². The number of nitrogens with zero attached hydrogens (tertiary/aromatic N) is 5. The number of hydrogen-bond acceptors (Lipinski definition) is 9. The molecule has 0 saturated heterocycles. The van der Waals surface area contributed by atoms with Crippen LogP contribution in [0.5, 0.6) is 0 Å². The number of pyridine rings is 3. The van der Waals surface area contributed by atoms with Crippen LogP contribution in [0.4, 0.5) is 10.1 Å². The van der Waals surface area contributed by atoms with E-state index < -0.39 is 17.6 Å². The Kier molecular flexibility index (Phi) is 8.95. The summed E-state index contributed by atoms with van der Waals surface area (Å²) in [5.41, 5.74) is 6.97. The van der Waals surface area contributed by atoms with Crippen LogP contribution in [0.3, 0.4) is 0 Å². The van der Waals surface area contributed by atoms with Crippen molar-refractivity contribution in [2.45, 2.75) is 32.4 Å². The zero-order chi connectivity index (χ0) is 34.6. The first kappa shape index (κ1) is 32.1. The Morgan fingerprint density at radius 1 is 0.920 bits per heavy atom. The molecule has 7 aromatic rings. The maximum absolute atomic E-state index is 14.9. The van der Waals surface area contributed by atoms with Crippen molar-refractivity contribution in [3.05, 3.63) is 109 Å². The molecule has 0 aliphatic heterocycles. The monoisotopic (exact) mass is 667 g/mol. The molecule has 13 heteroatoms. The third-order valence-electron chi connectivity index (χ3n) is 8.29. The number of aromatic nitrogens is 7. The number of imidazole rings is 1. The van der Waals surface area contributed by atoms with Gasteiger partial charge in [0.25, 0.3) is 0 Å². The topological polar surface area (TPSA) is 171 Å². The fourth-order valence-electron chi connectivity index (χ4n) is 5.83. The number of hydrogen-bond donors (Lipinski definition) is 4. The van der Waals surface area contributed by atoms with Crippen molar-refractivity contribution >= 4 is 45.7 Å². The van der Waals surface area contributed by atoms with Crippen LogP contribution in [-0.2, 0) is 27.3 Å². The number of rotatable bonds is 12. The molecular formula is C37H30FN9O3. The number of H-pyrrole nitrogens is 2. The van der Waals surface area contributed by atoms with E-state index in [4.69, 9.17) is 4.98 Å². The van der Waals surface area contributed by atoms with Crippen molar-refractivity contribution in [3.63, 3.8) is 0 Å². The average Bonchev–Trinajstić information content (AvgIpc) is 3.76. The highest BCUT2D eigenvalue weighted by Gasteiger charge is 2.19. The van der Waals surface area contributed by atoms with E-state index in [9.17, 15) is 18.8 Å². The number of aromatic amines is 2. The van der Waals surface area contributed by atoms with Crippen molar-refractivity contribution in [3.8, 4) is 33.8 Å². The number of carbonyl (C=O) groups is 3. The molecule has 50 heavy (non-hydrogen) atoms. The van der Waals surface area contributed by atoms with Gasteiger partial charge in [0.1, 0.15) is 11.5 Å². The summed E-state index contributed by atoms with van der Waals surface area (Å²) in [7, 11) is 0. The van der Waals surface area contributed by atoms with E-state index in [2.05, 4.69) is 40.8 Å². The number of Topliss-reactive ketones (excluding diaryl/α,β-unsaturated/α-hetero) is 1. The maximum atomic E-state index is 14.9. The van der Waals surface area contributed by atoms with Crippen molar-refractivity contribution in [2.75, 3.05) is 5.32 Å². The average molecular weight is 668 g/mol. The molecule has 1 atom stereocenters. The van der Waals surface area contributed by atoms with Gasteiger partial charge in [-0.15, -0.1) is 0 Å². The third-order valence-corrected chi connectivity index (χ3v) is 8.29. The lowest BCUT2D eigenvalue weighted by molar-refractivity contribution is -0.131. The summed E-state index contributed by atoms with van der Waals surface area (Å²) >= 11 is 0. The number of ketones is 1. The predicted molar refractivity (Wildman–Crippen MR) is 186 cm³/mol. The number of anilines is 1. The van der Waals surface area contributed by atoms with Crippen LogP contribution in [0.15, 0.2) is 91.6 Å². The summed E-state index contributed by atoms with van der Waals surface area (Å²) in [6, 6.07) is 17.2. The Hall–Kier alpha value is -6.47. The molecule has 248 valence electrons. The molecular weight excluding hydrogens is 637 g/mol. The molecule has 7 rings (SSSR count). The third kappa shape index (κ3) is 6.75. The number of fused-ring (bicyclic) bond motifs is 2. The van der Waals surface area contributed by atoms with Gasteiger partial charge in [0, 0.05) is 41.8 Å². The van der Waals surface area contributed by atoms with Crippen molar-refractivity contribution < 1.29 is 18.8 Å². The Morgan fingerprint density at radius 3 is 2.56 bits per heavy atom. The second-order valence-electron chi connectivity index (χ2n) is 11.7. The SMILES string of the molecule is CCC(NCc1cc(F)cc(-c2cncc3[nH]c(-c4[nH]nc5ncc(-c6cncc(NC(=O)Cc7ccccc7)c6)cc45)nc23)c1)C(=O)C=O. The lowest BCUT2D eigenvalue weighted by Crippen LogP contribution is -2.36. The second kappa shape index (κ2) is 13.9. The zero-order valence-corrected chi connectivity index (χ0v) is 26.8. The van der Waals surface area contributed by atoms with Crippen LogP contribution in [0.25, 0.3) is 55.8 Å². The van der Waals surface area contributed by atoms with E-state index in [0.29, 0.717) is 68.7 Å². The van der Waals surface area contributed by atoms with Gasteiger partial charge in [-0.1, -0.05) is 37.3 Å². The summed E-state index contributed by atoms with van der Waals surface area (Å²) in [6.45, 7) is 1.98. The smallest absolute Gasteiger partial charge is 0.228 e. The van der Waals surface area contributed by atoms with Crippen molar-refractivity contribution in [2.24, 2.45) is 0 Å². The first-order chi connectivity index (χ1) is 24.4. The minimum Gasteiger partial charge on any atom is -0.335 e.